The average molecular weight is 456 g/mol. The van der Waals surface area contributed by atoms with E-state index in [1.54, 1.807) is 5.57 Å². The predicted octanol–water partition coefficient (Wildman–Crippen LogP) is 7.39. The van der Waals surface area contributed by atoms with E-state index in [-0.39, 0.29) is 0 Å². The maximum Gasteiger partial charge on any atom is 0.414 e. The third kappa shape index (κ3) is 3.55. The highest BCUT2D eigenvalue weighted by Crippen LogP contribution is 2.53. The van der Waals surface area contributed by atoms with E-state index in [1.807, 2.05) is 0 Å². The van der Waals surface area contributed by atoms with Crippen LogP contribution in [0.5, 0.6) is 5.75 Å². The summed E-state index contributed by atoms with van der Waals surface area (Å²) in [5, 5.41) is 0. The summed E-state index contributed by atoms with van der Waals surface area (Å²) in [6.07, 6.45) is 5.04. The van der Waals surface area contributed by atoms with Crippen LogP contribution >= 0.6 is 0 Å². The molecular weight excluding hydrogens is 423 g/mol. The predicted molar refractivity (Wildman–Crippen MR) is 151 cm³/mol. The lowest BCUT2D eigenvalue weighted by atomic mass is 9.25. The van der Waals surface area contributed by atoms with Crippen LogP contribution in [0.15, 0.2) is 115 Å². The van der Waals surface area contributed by atoms with E-state index in [0.717, 1.165) is 0 Å². The Morgan fingerprint density at radius 2 is 1.11 bits per heavy atom. The average Bonchev–Trinajstić information content (AvgIpc) is 2.95. The van der Waals surface area contributed by atoms with Gasteiger partial charge in [0.15, 0.2) is 0 Å². The van der Waals surface area contributed by atoms with Gasteiger partial charge in [-0.25, -0.2) is 0 Å². The van der Waals surface area contributed by atoms with E-state index in [1.165, 1.54) is 65.4 Å². The van der Waals surface area contributed by atoms with E-state index in [0.29, 0.717) is 5.92 Å². The fourth-order valence-electron chi connectivity index (χ4n) is 6.92. The molecule has 1 saturated carbocycles. The molecule has 1 fully saturated rings. The number of fused-ring (bicyclic) bond motifs is 1. The second kappa shape index (κ2) is 9.26. The van der Waals surface area contributed by atoms with E-state index in [4.69, 9.17) is 0 Å². The summed E-state index contributed by atoms with van der Waals surface area (Å²) in [5.74, 6) is 1.84. The molecule has 1 nitrogen and oxygen atoms in total. The van der Waals surface area contributed by atoms with Crippen molar-refractivity contribution in [3.63, 3.8) is 0 Å². The van der Waals surface area contributed by atoms with E-state index in [9.17, 15) is 0 Å². The number of hydrogen-bond donors (Lipinski definition) is 0. The third-order valence-corrected chi connectivity index (χ3v) is 8.39. The molecule has 0 atom stereocenters. The van der Waals surface area contributed by atoms with Crippen LogP contribution in [-0.4, -0.2) is 13.5 Å². The van der Waals surface area contributed by atoms with Gasteiger partial charge >= 0.3 is 6.35 Å². The van der Waals surface area contributed by atoms with Crippen LogP contribution in [0.4, 0.5) is 0 Å². The van der Waals surface area contributed by atoms with Crippen molar-refractivity contribution >= 4 is 28.3 Å². The maximum absolute atomic E-state index is 3.73. The summed E-state index contributed by atoms with van der Waals surface area (Å²) in [4.78, 5) is 0. The summed E-state index contributed by atoms with van der Waals surface area (Å²) in [6.45, 7) is 0. The van der Waals surface area contributed by atoms with Gasteiger partial charge in [0.25, 0.3) is 0 Å². The van der Waals surface area contributed by atoms with Gasteiger partial charge in [-0.05, 0) is 24.8 Å². The van der Waals surface area contributed by atoms with Gasteiger partial charge in [-0.1, -0.05) is 139 Å². The highest BCUT2D eigenvalue weighted by atomic mass is 16.6. The zero-order valence-corrected chi connectivity index (χ0v) is 20.6. The van der Waals surface area contributed by atoms with Gasteiger partial charge in [-0.15, -0.1) is 10.9 Å². The lowest BCUT2D eigenvalue weighted by Gasteiger charge is -2.56. The summed E-state index contributed by atoms with van der Waals surface area (Å²) < 4.78 is 3.73. The minimum atomic E-state index is -1.48. The van der Waals surface area contributed by atoms with Crippen LogP contribution in [0.3, 0.4) is 0 Å². The molecule has 4 aromatic carbocycles. The largest absolute Gasteiger partial charge is 0.810 e. The molecule has 0 aromatic heterocycles. The molecule has 4 aromatic rings. The van der Waals surface area contributed by atoms with Gasteiger partial charge in [0.2, 0.25) is 5.75 Å². The molecule has 0 unspecified atom stereocenters. The summed E-state index contributed by atoms with van der Waals surface area (Å²) in [7, 11) is 2.24. The molecule has 6 rings (SSSR count). The number of para-hydroxylation sites is 1. The van der Waals surface area contributed by atoms with E-state index < -0.39 is 6.35 Å². The summed E-state index contributed by atoms with van der Waals surface area (Å²) in [6, 6.07) is 42.6. The molecule has 0 spiro atoms. The third-order valence-electron chi connectivity index (χ3n) is 8.39. The standard InChI is InChI=1S/C33H33BO/c1-35-31-25-15-14-24-30(31)32(26-16-6-2-7-17-26)33(27-18-8-3-9-19-27)34(35,28-20-10-4-11-21-28)29-22-12-5-13-23-29/h3-5,8-15,18-26H,2,6-7,16-17H2,1H3. The zero-order chi connectivity index (χ0) is 23.7. The Balaban J connectivity index is 1.80. The Bertz CT molecular complexity index is 1280. The van der Waals surface area contributed by atoms with Crippen LogP contribution < -0.4 is 10.9 Å². The molecule has 2 heteroatoms. The van der Waals surface area contributed by atoms with Crippen molar-refractivity contribution < 1.29 is 4.28 Å². The number of hydrogen-bond acceptors (Lipinski definition) is 0. The quantitative estimate of drug-likeness (QED) is 0.223. The molecule has 0 radical (unpaired) electrons. The Hall–Kier alpha value is -3.52. The Morgan fingerprint density at radius 1 is 0.600 bits per heavy atom. The first kappa shape index (κ1) is 22.0. The first-order valence-electron chi connectivity index (χ1n) is 13.1. The first-order chi connectivity index (χ1) is 17.3. The van der Waals surface area contributed by atoms with Gasteiger partial charge in [-0.2, -0.15) is 0 Å². The van der Waals surface area contributed by atoms with Crippen LogP contribution in [0.2, 0.25) is 0 Å². The maximum atomic E-state index is 3.73. The molecule has 0 saturated heterocycles. The monoisotopic (exact) mass is 456 g/mol. The van der Waals surface area contributed by atoms with Crippen LogP contribution in [0.1, 0.15) is 43.2 Å². The molecule has 0 bridgehead atoms. The number of allylic oxidation sites excluding steroid dienone is 1. The summed E-state index contributed by atoms with van der Waals surface area (Å²) in [5.41, 5.74) is 8.43. The molecule has 1 aliphatic carbocycles. The Labute approximate surface area is 209 Å². The van der Waals surface area contributed by atoms with Crippen molar-refractivity contribution in [1.29, 1.82) is 0 Å². The van der Waals surface area contributed by atoms with Crippen molar-refractivity contribution in [1.82, 2.24) is 0 Å². The molecule has 174 valence electrons. The van der Waals surface area contributed by atoms with E-state index in [2.05, 4.69) is 127 Å². The second-order valence-corrected chi connectivity index (χ2v) is 10.2. The van der Waals surface area contributed by atoms with Crippen LogP contribution in [-0.2, 0) is 4.28 Å². The summed E-state index contributed by atoms with van der Waals surface area (Å²) >= 11 is 0. The molecule has 1 aliphatic heterocycles. The normalized spacial score (nSPS) is 17.8. The molecule has 0 N–H and O–H groups in total. The zero-order valence-electron chi connectivity index (χ0n) is 20.6. The van der Waals surface area contributed by atoms with Gasteiger partial charge in [0.05, 0.1) is 5.56 Å². The van der Waals surface area contributed by atoms with Crippen molar-refractivity contribution in [3.8, 4) is 5.75 Å². The molecule has 35 heavy (non-hydrogen) atoms. The minimum absolute atomic E-state index is 0.572. The lowest BCUT2D eigenvalue weighted by Crippen LogP contribution is -2.66. The first-order valence-corrected chi connectivity index (χ1v) is 13.1. The number of rotatable bonds is 4. The highest BCUT2D eigenvalue weighted by molar-refractivity contribution is 7.12. The molecule has 2 aliphatic rings. The second-order valence-electron chi connectivity index (χ2n) is 10.2. The fourth-order valence-corrected chi connectivity index (χ4v) is 6.92. The van der Waals surface area contributed by atoms with Crippen molar-refractivity contribution in [2.75, 3.05) is 7.11 Å². The molecular formula is C33H33BO. The smallest absolute Gasteiger partial charge is 0.414 e. The minimum Gasteiger partial charge on any atom is -0.810 e. The van der Waals surface area contributed by atoms with Crippen molar-refractivity contribution in [2.24, 2.45) is 5.92 Å². The van der Waals surface area contributed by atoms with Gasteiger partial charge in [0.1, 0.15) is 7.11 Å². The number of benzene rings is 4. The molecule has 0 amide bonds. The Kier molecular flexibility index (Phi) is 5.82. The lowest BCUT2D eigenvalue weighted by molar-refractivity contribution is 0.173. The van der Waals surface area contributed by atoms with E-state index >= 15 is 0 Å². The van der Waals surface area contributed by atoms with Crippen LogP contribution in [0.25, 0.3) is 11.0 Å². The topological polar surface area (TPSA) is 2.70 Å². The molecule has 1 heterocycles. The fraction of sp³-hybridized carbons (Fsp3) is 0.212. The van der Waals surface area contributed by atoms with Gasteiger partial charge in [0, 0.05) is 6.07 Å². The van der Waals surface area contributed by atoms with Gasteiger partial charge < -0.3 is 4.28 Å². The van der Waals surface area contributed by atoms with Crippen molar-refractivity contribution in [2.45, 2.75) is 32.1 Å². The Morgan fingerprint density at radius 3 is 1.71 bits per heavy atom. The van der Waals surface area contributed by atoms with Gasteiger partial charge in [-0.3, -0.25) is 0 Å². The SMILES string of the molecule is C[O+]1c2ccccc2C(C2CCCCC2)=C(c2ccccc2)[B-]1(c1ccccc1)c1ccccc1. The highest BCUT2D eigenvalue weighted by Gasteiger charge is 2.52. The van der Waals surface area contributed by atoms with Crippen molar-refractivity contribution in [3.05, 3.63) is 126 Å². The van der Waals surface area contributed by atoms with Crippen LogP contribution in [0, 0.1) is 5.92 Å².